The molecule has 110 valence electrons. The lowest BCUT2D eigenvalue weighted by Crippen LogP contribution is -2.54. The fourth-order valence-corrected chi connectivity index (χ4v) is 4.74. The second kappa shape index (κ2) is 6.11. The van der Waals surface area contributed by atoms with Crippen molar-refractivity contribution < 1.29 is 0 Å². The number of nitrogens with zero attached hydrogens (tertiary/aromatic N) is 2. The zero-order valence-electron chi connectivity index (χ0n) is 12.7. The standard InChI is InChI=1S/C16H31N3/c1-17-13-16(7-3-2-4-8-16)14-18-10-11-19-9-5-6-15(19)12-18/h15,17H,2-14H2,1H3. The predicted molar refractivity (Wildman–Crippen MR) is 80.5 cm³/mol. The van der Waals surface area contributed by atoms with Crippen molar-refractivity contribution in [1.82, 2.24) is 15.1 Å². The molecule has 3 aliphatic rings. The third kappa shape index (κ3) is 3.14. The first-order valence-corrected chi connectivity index (χ1v) is 8.42. The fourth-order valence-electron chi connectivity index (χ4n) is 4.74. The van der Waals surface area contributed by atoms with Gasteiger partial charge in [0.15, 0.2) is 0 Å². The number of hydrogen-bond acceptors (Lipinski definition) is 3. The molecule has 1 N–H and O–H groups in total. The number of rotatable bonds is 4. The molecule has 3 rings (SSSR count). The minimum Gasteiger partial charge on any atom is -0.319 e. The summed E-state index contributed by atoms with van der Waals surface area (Å²) in [5, 5.41) is 3.48. The van der Waals surface area contributed by atoms with Crippen molar-refractivity contribution in [3.8, 4) is 0 Å². The quantitative estimate of drug-likeness (QED) is 0.838. The highest BCUT2D eigenvalue weighted by Crippen LogP contribution is 2.37. The first-order chi connectivity index (χ1) is 9.31. The van der Waals surface area contributed by atoms with E-state index >= 15 is 0 Å². The topological polar surface area (TPSA) is 18.5 Å². The van der Waals surface area contributed by atoms with Gasteiger partial charge in [0, 0.05) is 38.8 Å². The SMILES string of the molecule is CNCC1(CN2CCN3CCCC3C2)CCCCC1. The van der Waals surface area contributed by atoms with Crippen molar-refractivity contribution >= 4 is 0 Å². The Bertz CT molecular complexity index is 280. The lowest BCUT2D eigenvalue weighted by atomic mass is 9.73. The molecule has 1 aliphatic carbocycles. The van der Waals surface area contributed by atoms with Crippen LogP contribution in [0.3, 0.4) is 0 Å². The molecule has 1 atom stereocenters. The molecule has 1 saturated carbocycles. The van der Waals surface area contributed by atoms with Crippen LogP contribution in [0.2, 0.25) is 0 Å². The summed E-state index contributed by atoms with van der Waals surface area (Å²) in [4.78, 5) is 5.51. The van der Waals surface area contributed by atoms with Gasteiger partial charge in [-0.25, -0.2) is 0 Å². The summed E-state index contributed by atoms with van der Waals surface area (Å²) in [5.74, 6) is 0. The summed E-state index contributed by atoms with van der Waals surface area (Å²) in [6.45, 7) is 7.89. The molecular weight excluding hydrogens is 234 g/mol. The molecular formula is C16H31N3. The first-order valence-electron chi connectivity index (χ1n) is 8.42. The maximum atomic E-state index is 3.48. The van der Waals surface area contributed by atoms with E-state index in [1.807, 2.05) is 0 Å². The monoisotopic (exact) mass is 265 g/mol. The van der Waals surface area contributed by atoms with Gasteiger partial charge in [-0.1, -0.05) is 19.3 Å². The van der Waals surface area contributed by atoms with E-state index in [-0.39, 0.29) is 0 Å². The van der Waals surface area contributed by atoms with Gasteiger partial charge in [0.05, 0.1) is 0 Å². The van der Waals surface area contributed by atoms with Gasteiger partial charge < -0.3 is 5.32 Å². The number of hydrogen-bond donors (Lipinski definition) is 1. The van der Waals surface area contributed by atoms with Gasteiger partial charge in [0.1, 0.15) is 0 Å². The number of piperazine rings is 1. The summed E-state index contributed by atoms with van der Waals surface area (Å²) in [7, 11) is 2.13. The van der Waals surface area contributed by atoms with Gasteiger partial charge in [-0.2, -0.15) is 0 Å². The van der Waals surface area contributed by atoms with E-state index in [1.165, 1.54) is 84.2 Å². The van der Waals surface area contributed by atoms with Crippen LogP contribution >= 0.6 is 0 Å². The van der Waals surface area contributed by atoms with E-state index in [0.717, 1.165) is 6.04 Å². The highest BCUT2D eigenvalue weighted by atomic mass is 15.3. The normalized spacial score (nSPS) is 32.4. The van der Waals surface area contributed by atoms with Crippen LogP contribution in [0.15, 0.2) is 0 Å². The Morgan fingerprint density at radius 1 is 1.05 bits per heavy atom. The molecule has 2 heterocycles. The average Bonchev–Trinajstić information content (AvgIpc) is 2.87. The number of nitrogens with one attached hydrogen (secondary N) is 1. The molecule has 0 bridgehead atoms. The fraction of sp³-hybridized carbons (Fsp3) is 1.00. The van der Waals surface area contributed by atoms with E-state index in [4.69, 9.17) is 0 Å². The largest absolute Gasteiger partial charge is 0.319 e. The van der Waals surface area contributed by atoms with Crippen molar-refractivity contribution in [2.45, 2.75) is 51.0 Å². The Labute approximate surface area is 118 Å². The molecule has 3 nitrogen and oxygen atoms in total. The molecule has 0 aromatic heterocycles. The third-order valence-corrected chi connectivity index (χ3v) is 5.70. The van der Waals surface area contributed by atoms with Crippen LogP contribution < -0.4 is 5.32 Å². The predicted octanol–water partition coefficient (Wildman–Crippen LogP) is 1.94. The Morgan fingerprint density at radius 3 is 2.68 bits per heavy atom. The summed E-state index contributed by atoms with van der Waals surface area (Å²) in [5.41, 5.74) is 0.577. The molecule has 2 aliphatic heterocycles. The summed E-state index contributed by atoms with van der Waals surface area (Å²) < 4.78 is 0. The highest BCUT2D eigenvalue weighted by molar-refractivity contribution is 4.92. The van der Waals surface area contributed by atoms with Crippen molar-refractivity contribution in [3.05, 3.63) is 0 Å². The molecule has 1 unspecified atom stereocenters. The van der Waals surface area contributed by atoms with Crippen LogP contribution in [0.25, 0.3) is 0 Å². The average molecular weight is 265 g/mol. The summed E-state index contributed by atoms with van der Waals surface area (Å²) in [6, 6.07) is 0.879. The van der Waals surface area contributed by atoms with Crippen LogP contribution in [-0.2, 0) is 0 Å². The minimum atomic E-state index is 0.577. The highest BCUT2D eigenvalue weighted by Gasteiger charge is 2.37. The Hall–Kier alpha value is -0.120. The summed E-state index contributed by atoms with van der Waals surface area (Å²) in [6.07, 6.45) is 10.1. The van der Waals surface area contributed by atoms with Crippen LogP contribution in [0.1, 0.15) is 44.9 Å². The molecule has 0 spiro atoms. The van der Waals surface area contributed by atoms with Crippen LogP contribution in [0.5, 0.6) is 0 Å². The molecule has 0 aromatic rings. The first kappa shape index (κ1) is 13.8. The summed E-state index contributed by atoms with van der Waals surface area (Å²) >= 11 is 0. The maximum Gasteiger partial charge on any atom is 0.0224 e. The molecule has 0 aromatic carbocycles. The molecule has 3 fully saturated rings. The smallest absolute Gasteiger partial charge is 0.0224 e. The van der Waals surface area contributed by atoms with Crippen molar-refractivity contribution in [1.29, 1.82) is 0 Å². The minimum absolute atomic E-state index is 0.577. The Morgan fingerprint density at radius 2 is 1.89 bits per heavy atom. The van der Waals surface area contributed by atoms with Crippen molar-refractivity contribution in [2.24, 2.45) is 5.41 Å². The molecule has 0 amide bonds. The zero-order chi connectivity index (χ0) is 13.1. The van der Waals surface area contributed by atoms with Crippen LogP contribution in [0, 0.1) is 5.41 Å². The van der Waals surface area contributed by atoms with E-state index in [0.29, 0.717) is 5.41 Å². The van der Waals surface area contributed by atoms with Crippen molar-refractivity contribution in [2.75, 3.05) is 46.3 Å². The van der Waals surface area contributed by atoms with E-state index in [9.17, 15) is 0 Å². The van der Waals surface area contributed by atoms with Crippen LogP contribution in [0.4, 0.5) is 0 Å². The Balaban J connectivity index is 1.58. The lowest BCUT2D eigenvalue weighted by Gasteiger charge is -2.45. The van der Waals surface area contributed by atoms with E-state index in [2.05, 4.69) is 22.2 Å². The van der Waals surface area contributed by atoms with Gasteiger partial charge in [-0.05, 0) is 44.7 Å². The second-order valence-corrected chi connectivity index (χ2v) is 7.16. The van der Waals surface area contributed by atoms with E-state index in [1.54, 1.807) is 0 Å². The lowest BCUT2D eigenvalue weighted by molar-refractivity contribution is 0.0474. The molecule has 3 heteroatoms. The zero-order valence-corrected chi connectivity index (χ0v) is 12.7. The number of fused-ring (bicyclic) bond motifs is 1. The molecule has 2 saturated heterocycles. The molecule has 0 radical (unpaired) electrons. The van der Waals surface area contributed by atoms with E-state index < -0.39 is 0 Å². The Kier molecular flexibility index (Phi) is 4.45. The maximum absolute atomic E-state index is 3.48. The van der Waals surface area contributed by atoms with Crippen LogP contribution in [-0.4, -0.2) is 62.2 Å². The second-order valence-electron chi connectivity index (χ2n) is 7.16. The van der Waals surface area contributed by atoms with Gasteiger partial charge in [-0.15, -0.1) is 0 Å². The third-order valence-electron chi connectivity index (χ3n) is 5.70. The van der Waals surface area contributed by atoms with Gasteiger partial charge in [-0.3, -0.25) is 9.80 Å². The van der Waals surface area contributed by atoms with Gasteiger partial charge in [0.25, 0.3) is 0 Å². The van der Waals surface area contributed by atoms with Gasteiger partial charge in [0.2, 0.25) is 0 Å². The van der Waals surface area contributed by atoms with Gasteiger partial charge >= 0.3 is 0 Å². The van der Waals surface area contributed by atoms with Crippen molar-refractivity contribution in [3.63, 3.8) is 0 Å². The molecule has 19 heavy (non-hydrogen) atoms.